The van der Waals surface area contributed by atoms with Gasteiger partial charge in [-0.3, -0.25) is 9.59 Å². The molecular weight excluding hydrogens is 312 g/mol. The predicted molar refractivity (Wildman–Crippen MR) is 79.7 cm³/mol. The fourth-order valence-electron chi connectivity index (χ4n) is 2.39. The number of rotatable bonds is 6. The lowest BCUT2D eigenvalue weighted by Gasteiger charge is -2.17. The minimum absolute atomic E-state index is 0.0225. The third-order valence-corrected chi connectivity index (χ3v) is 4.36. The van der Waals surface area contributed by atoms with Gasteiger partial charge in [0, 0.05) is 32.2 Å². The summed E-state index contributed by atoms with van der Waals surface area (Å²) in [5.74, 6) is 0.894. The van der Waals surface area contributed by atoms with Crippen molar-refractivity contribution in [3.8, 4) is 5.75 Å². The Balaban J connectivity index is 1.93. The van der Waals surface area contributed by atoms with Crippen LogP contribution in [0.15, 0.2) is 24.3 Å². The van der Waals surface area contributed by atoms with Gasteiger partial charge >= 0.3 is 6.61 Å². The van der Waals surface area contributed by atoms with E-state index in [2.05, 4.69) is 4.74 Å². The third kappa shape index (κ3) is 4.98. The first-order valence-electron chi connectivity index (χ1n) is 6.89. The van der Waals surface area contributed by atoms with Gasteiger partial charge in [-0.2, -0.15) is 8.78 Å². The van der Waals surface area contributed by atoms with Crippen molar-refractivity contribution in [1.82, 2.24) is 4.90 Å². The van der Waals surface area contributed by atoms with Gasteiger partial charge in [-0.15, -0.1) is 0 Å². The van der Waals surface area contributed by atoms with E-state index >= 15 is 0 Å². The molecule has 1 saturated heterocycles. The maximum atomic E-state index is 12.2. The molecule has 1 amide bonds. The number of alkyl halides is 2. The third-order valence-electron chi connectivity index (χ3n) is 3.31. The van der Waals surface area contributed by atoms with Crippen molar-refractivity contribution in [2.45, 2.75) is 26.5 Å². The summed E-state index contributed by atoms with van der Waals surface area (Å²) in [6.45, 7) is -0.413. The SMILES string of the molecule is CC(=O)SCC1CC(=O)N(Cc2cccc(OC(F)F)c2)C1. The molecule has 1 atom stereocenters. The molecule has 0 radical (unpaired) electrons. The molecule has 0 N–H and O–H groups in total. The van der Waals surface area contributed by atoms with Crippen molar-refractivity contribution in [2.75, 3.05) is 12.3 Å². The first kappa shape index (κ1) is 16.7. The van der Waals surface area contributed by atoms with Crippen LogP contribution in [0.5, 0.6) is 5.75 Å². The molecule has 22 heavy (non-hydrogen) atoms. The molecule has 2 rings (SSSR count). The summed E-state index contributed by atoms with van der Waals surface area (Å²) in [6, 6.07) is 6.35. The Hall–Kier alpha value is -1.63. The standard InChI is InChI=1S/C15H17F2NO3S/c1-10(19)22-9-12-6-14(20)18(8-12)7-11-3-2-4-13(5-11)21-15(16)17/h2-5,12,15H,6-9H2,1H3. The molecule has 0 aliphatic carbocycles. The molecule has 0 spiro atoms. The van der Waals surface area contributed by atoms with Gasteiger partial charge in [0.15, 0.2) is 5.12 Å². The molecular formula is C15H17F2NO3S. The van der Waals surface area contributed by atoms with Crippen LogP contribution < -0.4 is 4.74 Å². The van der Waals surface area contributed by atoms with Gasteiger partial charge < -0.3 is 9.64 Å². The van der Waals surface area contributed by atoms with Gasteiger partial charge in [0.1, 0.15) is 5.75 Å². The zero-order valence-corrected chi connectivity index (χ0v) is 12.9. The van der Waals surface area contributed by atoms with Crippen LogP contribution in [-0.2, 0) is 16.1 Å². The van der Waals surface area contributed by atoms with Crippen LogP contribution in [0.2, 0.25) is 0 Å². The number of likely N-dealkylation sites (tertiary alicyclic amines) is 1. The maximum Gasteiger partial charge on any atom is 0.387 e. The van der Waals surface area contributed by atoms with E-state index < -0.39 is 6.61 Å². The molecule has 1 heterocycles. The predicted octanol–water partition coefficient (Wildman–Crippen LogP) is 2.92. The lowest BCUT2D eigenvalue weighted by atomic mass is 10.1. The molecule has 1 aromatic rings. The summed E-state index contributed by atoms with van der Waals surface area (Å²) in [5, 5.41) is 0.0442. The van der Waals surface area contributed by atoms with E-state index in [-0.39, 0.29) is 22.7 Å². The van der Waals surface area contributed by atoms with E-state index in [0.717, 1.165) is 5.56 Å². The van der Waals surface area contributed by atoms with Crippen LogP contribution in [-0.4, -0.2) is 34.8 Å². The molecule has 1 fully saturated rings. The van der Waals surface area contributed by atoms with Crippen LogP contribution in [0.25, 0.3) is 0 Å². The lowest BCUT2D eigenvalue weighted by molar-refractivity contribution is -0.128. The lowest BCUT2D eigenvalue weighted by Crippen LogP contribution is -2.24. The summed E-state index contributed by atoms with van der Waals surface area (Å²) in [5.41, 5.74) is 0.742. The Morgan fingerprint density at radius 1 is 1.50 bits per heavy atom. The van der Waals surface area contributed by atoms with E-state index in [1.807, 2.05) is 0 Å². The van der Waals surface area contributed by atoms with E-state index in [1.165, 1.54) is 30.8 Å². The number of hydrogen-bond donors (Lipinski definition) is 0. The topological polar surface area (TPSA) is 46.6 Å². The molecule has 0 saturated carbocycles. The molecule has 0 aromatic heterocycles. The van der Waals surface area contributed by atoms with E-state index in [0.29, 0.717) is 25.3 Å². The number of amides is 1. The van der Waals surface area contributed by atoms with Crippen LogP contribution in [0.4, 0.5) is 8.78 Å². The second-order valence-corrected chi connectivity index (χ2v) is 6.37. The fourth-order valence-corrected chi connectivity index (χ4v) is 3.09. The number of benzene rings is 1. The number of hydrogen-bond acceptors (Lipinski definition) is 4. The molecule has 4 nitrogen and oxygen atoms in total. The van der Waals surface area contributed by atoms with E-state index in [9.17, 15) is 18.4 Å². The van der Waals surface area contributed by atoms with Crippen LogP contribution in [0, 0.1) is 5.92 Å². The number of carbonyl (C=O) groups is 2. The van der Waals surface area contributed by atoms with Crippen LogP contribution in [0.1, 0.15) is 18.9 Å². The fraction of sp³-hybridized carbons (Fsp3) is 0.467. The van der Waals surface area contributed by atoms with Crippen LogP contribution in [0.3, 0.4) is 0 Å². The van der Waals surface area contributed by atoms with Gasteiger partial charge in [-0.25, -0.2) is 0 Å². The maximum absolute atomic E-state index is 12.2. The number of nitrogens with zero attached hydrogens (tertiary/aromatic N) is 1. The Labute approximate surface area is 131 Å². The van der Waals surface area contributed by atoms with Crippen molar-refractivity contribution in [1.29, 1.82) is 0 Å². The summed E-state index contributed by atoms with van der Waals surface area (Å²) < 4.78 is 28.8. The summed E-state index contributed by atoms with van der Waals surface area (Å²) in [4.78, 5) is 24.6. The Kier molecular flexibility index (Phi) is 5.76. The van der Waals surface area contributed by atoms with Crippen molar-refractivity contribution < 1.29 is 23.1 Å². The highest BCUT2D eigenvalue weighted by atomic mass is 32.2. The van der Waals surface area contributed by atoms with E-state index in [1.54, 1.807) is 17.0 Å². The summed E-state index contributed by atoms with van der Waals surface area (Å²) >= 11 is 1.23. The van der Waals surface area contributed by atoms with Crippen molar-refractivity contribution in [3.05, 3.63) is 29.8 Å². The number of ether oxygens (including phenoxy) is 1. The summed E-state index contributed by atoms with van der Waals surface area (Å²) in [7, 11) is 0. The Morgan fingerprint density at radius 2 is 2.27 bits per heavy atom. The Morgan fingerprint density at radius 3 is 2.95 bits per heavy atom. The number of halogens is 2. The van der Waals surface area contributed by atoms with Crippen molar-refractivity contribution >= 4 is 22.8 Å². The minimum Gasteiger partial charge on any atom is -0.435 e. The molecule has 0 bridgehead atoms. The van der Waals surface area contributed by atoms with Crippen molar-refractivity contribution in [3.63, 3.8) is 0 Å². The smallest absolute Gasteiger partial charge is 0.387 e. The normalized spacial score (nSPS) is 18.1. The first-order chi connectivity index (χ1) is 10.4. The minimum atomic E-state index is -2.86. The van der Waals surface area contributed by atoms with E-state index in [4.69, 9.17) is 0 Å². The highest BCUT2D eigenvalue weighted by Gasteiger charge is 2.29. The quantitative estimate of drug-likeness (QED) is 0.805. The molecule has 1 aliphatic rings. The molecule has 1 aromatic carbocycles. The molecule has 1 aliphatic heterocycles. The average molecular weight is 329 g/mol. The Bertz CT molecular complexity index is 553. The second-order valence-electron chi connectivity index (χ2n) is 5.17. The monoisotopic (exact) mass is 329 g/mol. The van der Waals surface area contributed by atoms with Gasteiger partial charge in [0.05, 0.1) is 0 Å². The second kappa shape index (κ2) is 7.58. The summed E-state index contributed by atoms with van der Waals surface area (Å²) in [6.07, 6.45) is 0.424. The average Bonchev–Trinajstić information content (AvgIpc) is 2.77. The van der Waals surface area contributed by atoms with Crippen LogP contribution >= 0.6 is 11.8 Å². The van der Waals surface area contributed by atoms with Gasteiger partial charge in [-0.05, 0) is 23.6 Å². The highest BCUT2D eigenvalue weighted by molar-refractivity contribution is 8.13. The molecule has 7 heteroatoms. The highest BCUT2D eigenvalue weighted by Crippen LogP contribution is 2.25. The van der Waals surface area contributed by atoms with Crippen molar-refractivity contribution in [2.24, 2.45) is 5.92 Å². The van der Waals surface area contributed by atoms with Gasteiger partial charge in [-0.1, -0.05) is 23.9 Å². The zero-order chi connectivity index (χ0) is 16.1. The first-order valence-corrected chi connectivity index (χ1v) is 7.87. The number of thioether (sulfide) groups is 1. The van der Waals surface area contributed by atoms with Gasteiger partial charge in [0.2, 0.25) is 5.91 Å². The molecule has 1 unspecified atom stereocenters. The molecule has 120 valence electrons. The largest absolute Gasteiger partial charge is 0.435 e. The van der Waals surface area contributed by atoms with Gasteiger partial charge in [0.25, 0.3) is 0 Å². The zero-order valence-electron chi connectivity index (χ0n) is 12.1. The number of carbonyl (C=O) groups excluding carboxylic acids is 2.